The fourth-order valence-electron chi connectivity index (χ4n) is 12.9. The van der Waals surface area contributed by atoms with Crippen molar-refractivity contribution in [2.45, 2.75) is 134 Å². The van der Waals surface area contributed by atoms with Gasteiger partial charge in [-0.25, -0.2) is 24.9 Å². The number of aliphatic hydroxyl groups excluding tert-OH is 1. The molecule has 0 spiro atoms. The summed E-state index contributed by atoms with van der Waals surface area (Å²) in [4.78, 5) is 80.6. The fourth-order valence-corrected chi connectivity index (χ4v) is 14.3. The number of halogens is 8. The molecular weight excluding hydrogens is 1960 g/mol. The number of hydrogen-bond acceptors (Lipinski definition) is 14. The molecule has 1 aliphatic heterocycles. The molecule has 29 heteroatoms. The van der Waals surface area contributed by atoms with Gasteiger partial charge in [-0.3, -0.25) is 19.2 Å². The van der Waals surface area contributed by atoms with Crippen molar-refractivity contribution < 1.29 is 58.3 Å². The number of alkyl halides is 1. The number of rotatable bonds is 18. The van der Waals surface area contributed by atoms with Crippen molar-refractivity contribution in [3.63, 3.8) is 0 Å². The zero-order valence-corrected chi connectivity index (χ0v) is 74.8. The number of nitrogen functional groups attached to an aromatic ring is 2. The third-order valence-corrected chi connectivity index (χ3v) is 21.2. The number of nitrogens with two attached hydrogens (primary N) is 2. The van der Waals surface area contributed by atoms with Gasteiger partial charge in [-0.15, -0.1) is 40.8 Å². The number of aromatic nitrogens is 7. The van der Waals surface area contributed by atoms with E-state index >= 15 is 0 Å². The van der Waals surface area contributed by atoms with Crippen molar-refractivity contribution >= 4 is 205 Å². The Balaban J connectivity index is 0.000000264. The number of imidazole rings is 2. The minimum atomic E-state index is -0.818. The second kappa shape index (κ2) is 46.3. The second-order valence-corrected chi connectivity index (χ2v) is 29.0. The van der Waals surface area contributed by atoms with Gasteiger partial charge in [0.2, 0.25) is 0 Å². The molecule has 11 aromatic rings. The molecule has 11 N–H and O–H groups in total. The van der Waals surface area contributed by atoms with Crippen molar-refractivity contribution in [1.82, 2.24) is 34.9 Å². The summed E-state index contributed by atoms with van der Waals surface area (Å²) in [6.07, 6.45) is 19.5. The molecule has 3 aliphatic carbocycles. The first-order chi connectivity index (χ1) is 52.8. The van der Waals surface area contributed by atoms with Gasteiger partial charge in [0.05, 0.1) is 44.2 Å². The predicted molar refractivity (Wildman–Crippen MR) is 480 cm³/mol. The molecule has 0 bridgehead atoms. The molecule has 112 heavy (non-hydrogen) atoms. The van der Waals surface area contributed by atoms with Gasteiger partial charge < -0.3 is 64.0 Å². The Morgan fingerprint density at radius 3 is 1.41 bits per heavy atom. The van der Waals surface area contributed by atoms with Crippen LogP contribution in [-0.4, -0.2) is 100 Å². The average Bonchev–Trinajstić information content (AvgIpc) is 1.65. The van der Waals surface area contributed by atoms with Crippen LogP contribution in [0.3, 0.4) is 0 Å². The van der Waals surface area contributed by atoms with Crippen LogP contribution in [0, 0.1) is 6.92 Å². The maximum atomic E-state index is 12.5. The smallest absolute Gasteiger partial charge is 0.314 e. The zero-order valence-electron chi connectivity index (χ0n) is 61.3. The molecule has 20 nitrogen and oxygen atoms in total. The fraction of sp³-hybridized carbons (Fsp3) is 0.301. The number of nitrogens with one attached hydrogen (secondary N) is 5. The molecule has 4 aliphatic rings. The molecule has 4 fully saturated rings. The Bertz CT molecular complexity index is 4830. The summed E-state index contributed by atoms with van der Waals surface area (Å²) in [6, 6.07) is 49.0. The Hall–Kier alpha value is -6.54. The number of aliphatic carboxylic acids is 1. The Morgan fingerprint density at radius 2 is 1.04 bits per heavy atom. The van der Waals surface area contributed by atoms with Crippen LogP contribution in [-0.2, 0) is 56.4 Å². The number of aromatic amines is 2. The van der Waals surface area contributed by atoms with Crippen molar-refractivity contribution in [3.05, 3.63) is 264 Å². The van der Waals surface area contributed by atoms with E-state index in [0.717, 1.165) is 143 Å². The number of carboxylic acid groups (broad SMARTS) is 1. The van der Waals surface area contributed by atoms with Gasteiger partial charge in [0.1, 0.15) is 35.2 Å². The van der Waals surface area contributed by atoms with E-state index in [1.54, 1.807) is 91.0 Å². The molecule has 1 atom stereocenters. The number of nitrogens with zero attached hydrogens (tertiary/aromatic N) is 5. The summed E-state index contributed by atoms with van der Waals surface area (Å²) < 4.78 is 18.2. The molecule has 592 valence electrons. The second-order valence-electron chi connectivity index (χ2n) is 26.0. The van der Waals surface area contributed by atoms with E-state index in [4.69, 9.17) is 66.3 Å². The topological polar surface area (TPSA) is 311 Å². The molecule has 6 aromatic carbocycles. The number of carbonyl (C=O) groups is 4. The maximum Gasteiger partial charge on any atom is 0.314 e. The third-order valence-electron chi connectivity index (χ3n) is 19.2. The molecule has 3 saturated carbocycles. The molecule has 0 radical (unpaired) electrons. The molecule has 15 rings (SSSR count). The van der Waals surface area contributed by atoms with Crippen LogP contribution in [0.2, 0.25) is 15.1 Å². The molecular formula is C83H93Br3Cl3I2N12O8Zn-. The van der Waals surface area contributed by atoms with Crippen molar-refractivity contribution in [2.75, 3.05) is 52.2 Å². The first-order valence-electron chi connectivity index (χ1n) is 35.5. The van der Waals surface area contributed by atoms with Gasteiger partial charge in [-0.05, 0) is 233 Å². The zero-order chi connectivity index (χ0) is 78.1. The number of fused-ring (bicyclic) bond motifs is 2. The summed E-state index contributed by atoms with van der Waals surface area (Å²) in [7, 11) is 0. The molecule has 3 amide bonds. The number of pyridine rings is 3. The molecule has 1 saturated heterocycles. The van der Waals surface area contributed by atoms with E-state index in [-0.39, 0.29) is 92.8 Å². The number of H-pyrrole nitrogens is 2. The summed E-state index contributed by atoms with van der Waals surface area (Å²) in [6.45, 7) is 5.45. The predicted octanol–water partition coefficient (Wildman–Crippen LogP) is 21.7. The molecule has 5 aromatic heterocycles. The van der Waals surface area contributed by atoms with Crippen LogP contribution < -0.4 is 27.4 Å². The number of carbonyl (C=O) groups excluding carboxylic acids is 3. The van der Waals surface area contributed by atoms with E-state index < -0.39 is 11.4 Å². The number of para-hydroxylation sites is 3. The number of anilines is 5. The first-order valence-corrected chi connectivity index (χ1v) is 39.9. The van der Waals surface area contributed by atoms with Crippen LogP contribution in [0.4, 0.5) is 28.8 Å². The summed E-state index contributed by atoms with van der Waals surface area (Å²) in [5.41, 5.74) is 20.4. The van der Waals surface area contributed by atoms with Crippen molar-refractivity contribution in [3.8, 4) is 0 Å². The standard InChI is InChI=1S/C26H25ClN4O2.C23H18BrClN4O.C17H15ClN2O3.C8H15O2.C6H7BrN2.CH3I.2CH4.BrH.HI.Zn/c27-20-8-1-6-18(15-20)24(33)30-22-11-10-19(16-28-22)26(12-4-13-26)25-29-21-9-2-5-17(7-3-14-32)23(21)31-25;24-17-6-2-7-18-20(17)29-22(27-18)23(10-3-11-23)15-8-9-19(26-13-15)28-21(30)14-4-1-5-16(25)12-14;18-13-4-1-3-11(9-13)15(21)20-14-6-5-12(10-19-14)17(16(22)23)7-2-8-17;1-2-6-9-8-5-3-4-7-10-8;7-4-2-1-3-5(8)6(4)9;1-2;;;;;/h1-2,5-6,8-11,15-16,32H,3-4,7,12-14H2,(H,29,31)(H,28,30,33);1-2,4-9,12-13H,3,10-11H2,(H,27,29)(H,26,28,30);1,3-6,9-10H,2,7-8H2,(H,22,23)(H,19,20,21);8H,1-7H2;1-3H,8-9H2;1H3;2*1H4;2*1H;/q;;;-1;;;;;;;/i/hD. The van der Waals surface area contributed by atoms with Crippen LogP contribution in [0.25, 0.3) is 22.1 Å². The van der Waals surface area contributed by atoms with E-state index in [0.29, 0.717) is 79.0 Å². The number of benzene rings is 6. The summed E-state index contributed by atoms with van der Waals surface area (Å²) >= 11 is 28.2. The summed E-state index contributed by atoms with van der Waals surface area (Å²) in [5.74, 6) is 1.68. The third kappa shape index (κ3) is 24.3. The van der Waals surface area contributed by atoms with E-state index in [9.17, 15) is 29.4 Å². The van der Waals surface area contributed by atoms with Crippen LogP contribution in [0.5, 0.6) is 0 Å². The molecule has 6 heterocycles. The monoisotopic (exact) mass is 2050 g/mol. The number of aryl methyl sites for hydroxylation is 1. The van der Waals surface area contributed by atoms with E-state index in [1.807, 2.05) is 84.1 Å². The van der Waals surface area contributed by atoms with Gasteiger partial charge in [0.15, 0.2) is 6.29 Å². The minimum absolute atomic E-state index is 0. The SMILES string of the molecule is Br.C.C.CI.Nc1cccc(Br)c1N.O=C(Nc1ccc(C2(C(=O)O)CCC2)cn1)c1cccc(Cl)c1.O=C(Nc1ccc(C2(c3nc4c(Br)cccc4[nH]3)CCC2)cn1)c1cccc(Cl)c1.O=C(Nc1ccc(C2(c3nc4c(CCCO)cccc4[nH]3)CCC2)cn1)c1cccc(Cl)c1.[2H]I.[CH2-]CCOC1CCCCO1.[Zn]. The van der Waals surface area contributed by atoms with Gasteiger partial charge in [-0.2, -0.15) is 6.42 Å². The number of aliphatic hydroxyl groups is 1. The average molecular weight is 2050 g/mol. The van der Waals surface area contributed by atoms with Crippen molar-refractivity contribution in [2.24, 2.45) is 0 Å². The van der Waals surface area contributed by atoms with Crippen LogP contribution in [0.1, 0.15) is 170 Å². The Labute approximate surface area is 740 Å². The normalized spacial score (nSPS) is 14.8. The van der Waals surface area contributed by atoms with E-state index in [2.05, 4.69) is 108 Å². The maximum absolute atomic E-state index is 12.5. The minimum Gasteiger partial charge on any atom is -0.481 e. The number of hydrogen-bond donors (Lipinski definition) is 9. The largest absolute Gasteiger partial charge is 0.481 e. The number of amides is 3. The Kier molecular flexibility index (Phi) is 39.0. The number of carboxylic acids is 1. The van der Waals surface area contributed by atoms with Crippen LogP contribution in [0.15, 0.2) is 191 Å². The van der Waals surface area contributed by atoms with Gasteiger partial charge in [-0.1, -0.05) is 152 Å². The summed E-state index contributed by atoms with van der Waals surface area (Å²) in [5, 5.41) is 28.5. The van der Waals surface area contributed by atoms with Gasteiger partial charge in [0, 0.05) is 98.6 Å². The molecule has 1 unspecified atom stereocenters. The number of ether oxygens (including phenoxy) is 2. The Morgan fingerprint density at radius 1 is 0.616 bits per heavy atom. The van der Waals surface area contributed by atoms with Gasteiger partial charge in [0.25, 0.3) is 17.7 Å². The van der Waals surface area contributed by atoms with Crippen molar-refractivity contribution in [1.29, 1.82) is 0.594 Å². The first kappa shape index (κ1) is 94.3. The van der Waals surface area contributed by atoms with Crippen LogP contribution >= 0.6 is 130 Å². The van der Waals surface area contributed by atoms with Gasteiger partial charge >= 0.3 is 5.97 Å². The quantitative estimate of drug-likeness (QED) is 0.0127. The van der Waals surface area contributed by atoms with E-state index in [1.165, 1.54) is 42.8 Å².